The van der Waals surface area contributed by atoms with Crippen molar-refractivity contribution in [1.29, 1.82) is 5.26 Å². The van der Waals surface area contributed by atoms with Gasteiger partial charge in [-0.3, -0.25) is 0 Å². The Labute approximate surface area is 114 Å². The number of nitrogens with zero attached hydrogens (tertiary/aromatic N) is 3. The number of nitrogen functional groups attached to an aromatic ring is 1. The summed E-state index contributed by atoms with van der Waals surface area (Å²) in [6, 6.07) is 13.7. The zero-order chi connectivity index (χ0) is 14.1. The molecule has 0 saturated carbocycles. The van der Waals surface area contributed by atoms with Gasteiger partial charge in [-0.05, 0) is 29.8 Å². The molecule has 0 aliphatic carbocycles. The summed E-state index contributed by atoms with van der Waals surface area (Å²) in [6.45, 7) is 0.412. The van der Waals surface area contributed by atoms with Crippen LogP contribution < -0.4 is 5.73 Å². The first-order chi connectivity index (χ1) is 9.69. The lowest BCUT2D eigenvalue weighted by Gasteiger charge is -2.06. The molecular weight excluding hydrogens is 255 g/mol. The first kappa shape index (κ1) is 12.2. The van der Waals surface area contributed by atoms with Gasteiger partial charge in [0.1, 0.15) is 17.4 Å². The molecule has 1 heterocycles. The summed E-state index contributed by atoms with van der Waals surface area (Å²) in [5.41, 5.74) is 8.52. The predicted octanol–water partition coefficient (Wildman–Crippen LogP) is 2.68. The summed E-state index contributed by atoms with van der Waals surface area (Å²) in [5, 5.41) is 9.07. The predicted molar refractivity (Wildman–Crippen MR) is 74.4 cm³/mol. The SMILES string of the molecule is N#Cc1cccc2c1nc(N)n2Cc1cccc(F)c1. The molecule has 2 aromatic carbocycles. The number of hydrogen-bond acceptors (Lipinski definition) is 3. The topological polar surface area (TPSA) is 67.6 Å². The highest BCUT2D eigenvalue weighted by molar-refractivity contribution is 5.84. The van der Waals surface area contributed by atoms with Crippen LogP contribution in [0.4, 0.5) is 10.3 Å². The van der Waals surface area contributed by atoms with Gasteiger partial charge in [-0.2, -0.15) is 5.26 Å². The number of para-hydroxylation sites is 1. The van der Waals surface area contributed by atoms with E-state index in [9.17, 15) is 4.39 Å². The average Bonchev–Trinajstić information content (AvgIpc) is 2.75. The second kappa shape index (κ2) is 4.67. The largest absolute Gasteiger partial charge is 0.369 e. The van der Waals surface area contributed by atoms with Crippen LogP contribution in [-0.2, 0) is 6.54 Å². The molecule has 0 bridgehead atoms. The van der Waals surface area contributed by atoms with Crippen molar-refractivity contribution in [2.75, 3.05) is 5.73 Å². The molecule has 3 rings (SSSR count). The van der Waals surface area contributed by atoms with Crippen molar-refractivity contribution < 1.29 is 4.39 Å². The number of hydrogen-bond donors (Lipinski definition) is 1. The molecule has 98 valence electrons. The van der Waals surface area contributed by atoms with Crippen molar-refractivity contribution in [3.05, 3.63) is 59.4 Å². The Morgan fingerprint density at radius 1 is 1.25 bits per heavy atom. The standard InChI is InChI=1S/C15H11FN4/c16-12-5-1-3-10(7-12)9-20-13-6-2-4-11(8-17)14(13)19-15(20)18/h1-7H,9H2,(H2,18,19). The molecule has 5 heteroatoms. The first-order valence-electron chi connectivity index (χ1n) is 6.08. The first-order valence-corrected chi connectivity index (χ1v) is 6.08. The van der Waals surface area contributed by atoms with Gasteiger partial charge in [0.25, 0.3) is 0 Å². The molecule has 0 aliphatic rings. The fraction of sp³-hybridized carbons (Fsp3) is 0.0667. The maximum Gasteiger partial charge on any atom is 0.201 e. The molecule has 0 radical (unpaired) electrons. The fourth-order valence-electron chi connectivity index (χ4n) is 2.24. The van der Waals surface area contributed by atoms with Crippen LogP contribution in [0.5, 0.6) is 0 Å². The number of nitriles is 1. The van der Waals surface area contributed by atoms with Gasteiger partial charge in [-0.25, -0.2) is 9.37 Å². The van der Waals surface area contributed by atoms with Gasteiger partial charge in [0.15, 0.2) is 0 Å². The monoisotopic (exact) mass is 266 g/mol. The zero-order valence-electron chi connectivity index (χ0n) is 10.5. The molecule has 4 nitrogen and oxygen atoms in total. The van der Waals surface area contributed by atoms with Crippen molar-refractivity contribution in [1.82, 2.24) is 9.55 Å². The van der Waals surface area contributed by atoms with E-state index in [2.05, 4.69) is 11.1 Å². The highest BCUT2D eigenvalue weighted by atomic mass is 19.1. The van der Waals surface area contributed by atoms with E-state index >= 15 is 0 Å². The molecule has 1 aromatic heterocycles. The van der Waals surface area contributed by atoms with Crippen LogP contribution >= 0.6 is 0 Å². The van der Waals surface area contributed by atoms with E-state index in [4.69, 9.17) is 11.0 Å². The summed E-state index contributed by atoms with van der Waals surface area (Å²) in [7, 11) is 0. The van der Waals surface area contributed by atoms with Crippen LogP contribution in [0.1, 0.15) is 11.1 Å². The summed E-state index contributed by atoms with van der Waals surface area (Å²) in [6.07, 6.45) is 0. The second-order valence-electron chi connectivity index (χ2n) is 4.47. The van der Waals surface area contributed by atoms with Crippen molar-refractivity contribution in [3.63, 3.8) is 0 Å². The van der Waals surface area contributed by atoms with Gasteiger partial charge in [0.05, 0.1) is 17.6 Å². The summed E-state index contributed by atoms with van der Waals surface area (Å²) >= 11 is 0. The number of benzene rings is 2. The summed E-state index contributed by atoms with van der Waals surface area (Å²) < 4.78 is 15.0. The lowest BCUT2D eigenvalue weighted by molar-refractivity contribution is 0.624. The zero-order valence-corrected chi connectivity index (χ0v) is 10.5. The molecule has 0 aliphatic heterocycles. The van der Waals surface area contributed by atoms with Crippen LogP contribution in [0.25, 0.3) is 11.0 Å². The average molecular weight is 266 g/mol. The van der Waals surface area contributed by atoms with Crippen LogP contribution in [-0.4, -0.2) is 9.55 Å². The number of halogens is 1. The Balaban J connectivity index is 2.13. The van der Waals surface area contributed by atoms with E-state index in [0.717, 1.165) is 11.1 Å². The highest BCUT2D eigenvalue weighted by Crippen LogP contribution is 2.22. The number of aromatic nitrogens is 2. The van der Waals surface area contributed by atoms with Gasteiger partial charge in [0, 0.05) is 0 Å². The van der Waals surface area contributed by atoms with Gasteiger partial charge in [0.2, 0.25) is 5.95 Å². The van der Waals surface area contributed by atoms with Gasteiger partial charge in [-0.15, -0.1) is 0 Å². The van der Waals surface area contributed by atoms with E-state index in [1.54, 1.807) is 22.8 Å². The number of nitrogens with two attached hydrogens (primary N) is 1. The highest BCUT2D eigenvalue weighted by Gasteiger charge is 2.11. The Morgan fingerprint density at radius 2 is 2.05 bits per heavy atom. The molecule has 2 N–H and O–H groups in total. The van der Waals surface area contributed by atoms with Gasteiger partial charge >= 0.3 is 0 Å². The number of anilines is 1. The van der Waals surface area contributed by atoms with Crippen LogP contribution in [0, 0.1) is 17.1 Å². The molecule has 3 aromatic rings. The molecular formula is C15H11FN4. The lowest BCUT2D eigenvalue weighted by atomic mass is 10.2. The number of fused-ring (bicyclic) bond motifs is 1. The van der Waals surface area contributed by atoms with E-state index in [1.165, 1.54) is 12.1 Å². The molecule has 20 heavy (non-hydrogen) atoms. The Hall–Kier alpha value is -2.87. The van der Waals surface area contributed by atoms with E-state index in [1.807, 2.05) is 12.1 Å². The third-order valence-corrected chi connectivity index (χ3v) is 3.16. The van der Waals surface area contributed by atoms with Crippen LogP contribution in [0.15, 0.2) is 42.5 Å². The van der Waals surface area contributed by atoms with Crippen molar-refractivity contribution in [3.8, 4) is 6.07 Å². The summed E-state index contributed by atoms with van der Waals surface area (Å²) in [4.78, 5) is 4.23. The van der Waals surface area contributed by atoms with E-state index in [0.29, 0.717) is 23.6 Å². The minimum atomic E-state index is -0.289. The van der Waals surface area contributed by atoms with Crippen molar-refractivity contribution >= 4 is 17.0 Å². The third kappa shape index (κ3) is 1.97. The second-order valence-corrected chi connectivity index (χ2v) is 4.47. The van der Waals surface area contributed by atoms with Crippen molar-refractivity contribution in [2.45, 2.75) is 6.54 Å². The fourth-order valence-corrected chi connectivity index (χ4v) is 2.24. The normalized spacial score (nSPS) is 10.6. The smallest absolute Gasteiger partial charge is 0.201 e. The molecule has 0 saturated heterocycles. The van der Waals surface area contributed by atoms with Gasteiger partial charge in [-0.1, -0.05) is 18.2 Å². The molecule has 0 atom stereocenters. The Bertz CT molecular complexity index is 829. The van der Waals surface area contributed by atoms with E-state index in [-0.39, 0.29) is 5.82 Å². The molecule has 0 spiro atoms. The third-order valence-electron chi connectivity index (χ3n) is 3.16. The molecule has 0 amide bonds. The van der Waals surface area contributed by atoms with Crippen molar-refractivity contribution in [2.24, 2.45) is 0 Å². The number of imidazole rings is 1. The molecule has 0 unspecified atom stereocenters. The Kier molecular flexibility index (Phi) is 2.84. The van der Waals surface area contributed by atoms with Crippen LogP contribution in [0.2, 0.25) is 0 Å². The minimum absolute atomic E-state index is 0.289. The molecule has 0 fully saturated rings. The maximum absolute atomic E-state index is 13.2. The number of rotatable bonds is 2. The van der Waals surface area contributed by atoms with E-state index < -0.39 is 0 Å². The Morgan fingerprint density at radius 3 is 2.80 bits per heavy atom. The minimum Gasteiger partial charge on any atom is -0.369 e. The lowest BCUT2D eigenvalue weighted by Crippen LogP contribution is -2.04. The van der Waals surface area contributed by atoms with Crippen LogP contribution in [0.3, 0.4) is 0 Å². The van der Waals surface area contributed by atoms with Gasteiger partial charge < -0.3 is 10.3 Å². The summed E-state index contributed by atoms with van der Waals surface area (Å²) in [5.74, 6) is 0.0233. The quantitative estimate of drug-likeness (QED) is 0.775. The maximum atomic E-state index is 13.2.